The molecule has 19 heteroatoms. The molecule has 0 spiro atoms. The molecule has 0 amide bonds. The zero-order valence-corrected chi connectivity index (χ0v) is 56.7. The van der Waals surface area contributed by atoms with Gasteiger partial charge in [0, 0.05) is 25.7 Å². The van der Waals surface area contributed by atoms with E-state index in [9.17, 15) is 43.2 Å². The maximum Gasteiger partial charge on any atom is 0.472 e. The zero-order valence-electron chi connectivity index (χ0n) is 54.9. The highest BCUT2D eigenvalue weighted by atomic mass is 31.2. The van der Waals surface area contributed by atoms with E-state index in [0.29, 0.717) is 31.6 Å². The van der Waals surface area contributed by atoms with Crippen molar-refractivity contribution >= 4 is 39.5 Å². The molecule has 2 unspecified atom stereocenters. The van der Waals surface area contributed by atoms with Crippen molar-refractivity contribution in [3.63, 3.8) is 0 Å². The number of hydrogen-bond acceptors (Lipinski definition) is 15. The molecule has 85 heavy (non-hydrogen) atoms. The third-order valence-corrected chi connectivity index (χ3v) is 17.1. The number of ether oxygens (including phenoxy) is 4. The Hall–Kier alpha value is -1.94. The molecule has 3 N–H and O–H groups in total. The summed E-state index contributed by atoms with van der Waals surface area (Å²) in [5.74, 6) is -0.684. The molecule has 0 aliphatic heterocycles. The van der Waals surface area contributed by atoms with Crippen molar-refractivity contribution in [1.29, 1.82) is 0 Å². The van der Waals surface area contributed by atoms with Crippen molar-refractivity contribution in [2.45, 2.75) is 349 Å². The molecular weight excluding hydrogens is 1130 g/mol. The summed E-state index contributed by atoms with van der Waals surface area (Å²) in [4.78, 5) is 72.3. The molecular formula is C66H128O17P2. The molecule has 0 fully saturated rings. The minimum atomic E-state index is -4.95. The van der Waals surface area contributed by atoms with Gasteiger partial charge in [-0.3, -0.25) is 37.3 Å². The molecule has 17 nitrogen and oxygen atoms in total. The van der Waals surface area contributed by atoms with Crippen LogP contribution in [0.3, 0.4) is 0 Å². The lowest BCUT2D eigenvalue weighted by molar-refractivity contribution is -0.161. The third kappa shape index (κ3) is 60.7. The normalized spacial score (nSPS) is 14.2. The van der Waals surface area contributed by atoms with E-state index in [0.717, 1.165) is 95.8 Å². The second-order valence-corrected chi connectivity index (χ2v) is 27.7. The Morgan fingerprint density at radius 2 is 0.541 bits per heavy atom. The fraction of sp³-hybridized carbons (Fsp3) is 0.939. The Morgan fingerprint density at radius 1 is 0.318 bits per heavy atom. The van der Waals surface area contributed by atoms with Gasteiger partial charge in [-0.05, 0) is 37.5 Å². The van der Waals surface area contributed by atoms with E-state index < -0.39 is 97.5 Å². The first kappa shape index (κ1) is 83.1. The Kier molecular flexibility index (Phi) is 57.1. The van der Waals surface area contributed by atoms with Crippen molar-refractivity contribution in [2.75, 3.05) is 39.6 Å². The summed E-state index contributed by atoms with van der Waals surface area (Å²) in [6.07, 6.45) is 41.7. The molecule has 0 aliphatic carbocycles. The highest BCUT2D eigenvalue weighted by Crippen LogP contribution is 2.45. The van der Waals surface area contributed by atoms with Crippen LogP contribution in [0.1, 0.15) is 330 Å². The van der Waals surface area contributed by atoms with Crippen LogP contribution in [0.4, 0.5) is 0 Å². The summed E-state index contributed by atoms with van der Waals surface area (Å²) >= 11 is 0. The molecule has 0 rings (SSSR count). The Morgan fingerprint density at radius 3 is 0.800 bits per heavy atom. The lowest BCUT2D eigenvalue weighted by Gasteiger charge is -2.21. The van der Waals surface area contributed by atoms with Crippen molar-refractivity contribution < 1.29 is 80.2 Å². The van der Waals surface area contributed by atoms with E-state index >= 15 is 0 Å². The van der Waals surface area contributed by atoms with Gasteiger partial charge in [-0.2, -0.15) is 0 Å². The number of esters is 4. The number of phosphoric ester groups is 2. The molecule has 0 saturated carbocycles. The minimum Gasteiger partial charge on any atom is -0.462 e. The fourth-order valence-electron chi connectivity index (χ4n) is 9.88. The van der Waals surface area contributed by atoms with E-state index in [1.54, 1.807) is 0 Å². The maximum atomic E-state index is 13.0. The van der Waals surface area contributed by atoms with Gasteiger partial charge in [0.1, 0.15) is 19.3 Å². The van der Waals surface area contributed by atoms with E-state index in [1.165, 1.54) is 148 Å². The minimum absolute atomic E-state index is 0.103. The largest absolute Gasteiger partial charge is 0.472 e. The molecule has 0 aromatic rings. The lowest BCUT2D eigenvalue weighted by atomic mass is 10.0. The molecule has 0 aliphatic rings. The van der Waals surface area contributed by atoms with Crippen molar-refractivity contribution in [1.82, 2.24) is 0 Å². The van der Waals surface area contributed by atoms with Gasteiger partial charge in [0.15, 0.2) is 12.2 Å². The number of hydrogen-bond donors (Lipinski definition) is 3. The van der Waals surface area contributed by atoms with Crippen LogP contribution in [0.25, 0.3) is 0 Å². The predicted octanol–water partition coefficient (Wildman–Crippen LogP) is 18.4. The van der Waals surface area contributed by atoms with Gasteiger partial charge >= 0.3 is 39.5 Å². The zero-order chi connectivity index (χ0) is 62.9. The SMILES string of the molecule is CCCCCCCCCCCCCCC(=O)OC[C@H](COP(=O)(O)OC[C@@H](O)COP(=O)(O)OC[C@@H](COC(=O)CCCCCCCCCCCC)OC(=O)CCCCCCCCCC(C)C)OC(=O)CCCCCCCCCCCCC(C)C. The highest BCUT2D eigenvalue weighted by Gasteiger charge is 2.30. The predicted molar refractivity (Wildman–Crippen MR) is 340 cm³/mol. The van der Waals surface area contributed by atoms with Crippen LogP contribution in [0.5, 0.6) is 0 Å². The Bertz CT molecular complexity index is 1670. The summed E-state index contributed by atoms with van der Waals surface area (Å²) in [7, 11) is -9.89. The molecule has 0 aromatic carbocycles. The third-order valence-electron chi connectivity index (χ3n) is 15.2. The highest BCUT2D eigenvalue weighted by molar-refractivity contribution is 7.47. The van der Waals surface area contributed by atoms with Crippen LogP contribution in [0.15, 0.2) is 0 Å². The van der Waals surface area contributed by atoms with Crippen LogP contribution in [0, 0.1) is 11.8 Å². The average molecular weight is 1260 g/mol. The first-order chi connectivity index (χ1) is 40.9. The summed E-state index contributed by atoms with van der Waals surface area (Å²) in [5, 5.41) is 10.5. The fourth-order valence-corrected chi connectivity index (χ4v) is 11.5. The Labute approximate surface area is 517 Å². The van der Waals surface area contributed by atoms with Gasteiger partial charge in [0.25, 0.3) is 0 Å². The number of carbonyl (C=O) groups excluding carboxylic acids is 4. The molecule has 0 heterocycles. The Balaban J connectivity index is 5.24. The van der Waals surface area contributed by atoms with Crippen LogP contribution in [0.2, 0.25) is 0 Å². The second-order valence-electron chi connectivity index (χ2n) is 24.8. The van der Waals surface area contributed by atoms with Gasteiger partial charge in [0.2, 0.25) is 0 Å². The van der Waals surface area contributed by atoms with Crippen LogP contribution < -0.4 is 0 Å². The van der Waals surface area contributed by atoms with Crippen molar-refractivity contribution in [3.05, 3.63) is 0 Å². The topological polar surface area (TPSA) is 237 Å². The van der Waals surface area contributed by atoms with Crippen LogP contribution in [-0.2, 0) is 65.4 Å². The van der Waals surface area contributed by atoms with Crippen LogP contribution >= 0.6 is 15.6 Å². The summed E-state index contributed by atoms with van der Waals surface area (Å²) < 4.78 is 68.1. The molecule has 0 bridgehead atoms. The van der Waals surface area contributed by atoms with Crippen molar-refractivity contribution in [2.24, 2.45) is 11.8 Å². The molecule has 5 atom stereocenters. The monoisotopic (exact) mass is 1250 g/mol. The number of carbonyl (C=O) groups is 4. The van der Waals surface area contributed by atoms with Gasteiger partial charge in [0.05, 0.1) is 26.4 Å². The lowest BCUT2D eigenvalue weighted by Crippen LogP contribution is -2.30. The van der Waals surface area contributed by atoms with Gasteiger partial charge in [-0.15, -0.1) is 0 Å². The summed E-state index contributed by atoms with van der Waals surface area (Å²) in [5.41, 5.74) is 0. The van der Waals surface area contributed by atoms with E-state index in [-0.39, 0.29) is 25.7 Å². The molecule has 0 saturated heterocycles. The van der Waals surface area contributed by atoms with E-state index in [4.69, 9.17) is 37.0 Å². The van der Waals surface area contributed by atoms with E-state index in [2.05, 4.69) is 41.5 Å². The summed E-state index contributed by atoms with van der Waals surface area (Å²) in [6.45, 7) is 9.43. The van der Waals surface area contributed by atoms with Gasteiger partial charge in [-0.1, -0.05) is 279 Å². The maximum absolute atomic E-state index is 13.0. The number of aliphatic hydroxyl groups excluding tert-OH is 1. The second kappa shape index (κ2) is 58.4. The first-order valence-corrected chi connectivity index (χ1v) is 37.5. The van der Waals surface area contributed by atoms with E-state index in [1.807, 2.05) is 0 Å². The summed E-state index contributed by atoms with van der Waals surface area (Å²) in [6, 6.07) is 0. The number of rotatable bonds is 65. The smallest absolute Gasteiger partial charge is 0.462 e. The van der Waals surface area contributed by atoms with Crippen molar-refractivity contribution in [3.8, 4) is 0 Å². The average Bonchev–Trinajstić information content (AvgIpc) is 3.57. The molecule has 504 valence electrons. The number of phosphoric acid groups is 2. The molecule has 0 radical (unpaired) electrons. The quantitative estimate of drug-likeness (QED) is 0.0222. The van der Waals surface area contributed by atoms with Crippen LogP contribution in [-0.4, -0.2) is 96.7 Å². The molecule has 0 aromatic heterocycles. The first-order valence-electron chi connectivity index (χ1n) is 34.5. The van der Waals surface area contributed by atoms with Gasteiger partial charge in [-0.25, -0.2) is 9.13 Å². The van der Waals surface area contributed by atoms with Gasteiger partial charge < -0.3 is 33.8 Å². The number of unbranched alkanes of at least 4 members (excludes halogenated alkanes) is 35. The number of aliphatic hydroxyl groups is 1. The standard InChI is InChI=1S/C66H128O17P2/c1-7-9-11-13-15-17-19-20-25-31-37-43-49-64(69)77-54-61(82-65(70)50-44-38-32-26-22-21-23-28-34-40-46-58(3)4)56-80-84(72,73)78-52-60(67)53-79-85(74,75)81-57-62(83-66(71)51-45-39-33-27-29-35-41-47-59(5)6)55-76-63(68)48-42-36-30-24-18-16-14-12-10-8-2/h58-62,67H,7-57H2,1-6H3,(H,72,73)(H,74,75)/t60-,61-,62-/m1/s1.